The van der Waals surface area contributed by atoms with Crippen LogP contribution in [0.3, 0.4) is 0 Å². The van der Waals surface area contributed by atoms with E-state index in [0.717, 1.165) is 36.3 Å². The molecule has 1 aliphatic heterocycles. The minimum atomic E-state index is 0.0128. The Morgan fingerprint density at radius 3 is 2.35 bits per heavy atom. The minimum absolute atomic E-state index is 0.0128. The predicted molar refractivity (Wildman–Crippen MR) is 89.3 cm³/mol. The second-order valence-electron chi connectivity index (χ2n) is 5.99. The fourth-order valence-electron chi connectivity index (χ4n) is 2.79. The fraction of sp³-hybridized carbons (Fsp3) is 0.300. The van der Waals surface area contributed by atoms with Gasteiger partial charge >= 0.3 is 0 Å². The number of carbonyl (C=O) groups excluding carboxylic acids is 2. The normalized spacial score (nSPS) is 13.1. The summed E-state index contributed by atoms with van der Waals surface area (Å²) in [6.07, 6.45) is 2.41. The summed E-state index contributed by atoms with van der Waals surface area (Å²) in [5.41, 5.74) is 3.55. The number of hydrogen-bond donors (Lipinski definition) is 0. The van der Waals surface area contributed by atoms with Crippen LogP contribution in [0.4, 0.5) is 0 Å². The Morgan fingerprint density at radius 1 is 0.957 bits per heavy atom. The van der Waals surface area contributed by atoms with E-state index in [9.17, 15) is 9.59 Å². The van der Waals surface area contributed by atoms with E-state index < -0.39 is 0 Å². The smallest absolute Gasteiger partial charge is 0.163 e. The number of aryl methyl sites for hydroxylation is 2. The van der Waals surface area contributed by atoms with Crippen molar-refractivity contribution in [3.05, 3.63) is 64.7 Å². The van der Waals surface area contributed by atoms with Crippen LogP contribution in [0.5, 0.6) is 5.75 Å². The molecule has 0 amide bonds. The molecule has 0 radical (unpaired) electrons. The van der Waals surface area contributed by atoms with Gasteiger partial charge in [-0.25, -0.2) is 0 Å². The molecule has 3 heteroatoms. The summed E-state index contributed by atoms with van der Waals surface area (Å²) in [6.45, 7) is 2.73. The lowest BCUT2D eigenvalue weighted by molar-refractivity contribution is 0.0917. The van der Waals surface area contributed by atoms with Crippen LogP contribution in [-0.4, -0.2) is 18.2 Å². The molecule has 0 aliphatic carbocycles. The molecule has 0 atom stereocenters. The van der Waals surface area contributed by atoms with Gasteiger partial charge in [0.2, 0.25) is 0 Å². The van der Waals surface area contributed by atoms with Gasteiger partial charge in [0, 0.05) is 24.0 Å². The topological polar surface area (TPSA) is 43.4 Å². The second kappa shape index (κ2) is 6.78. The lowest BCUT2D eigenvalue weighted by Gasteiger charge is -2.17. The van der Waals surface area contributed by atoms with E-state index in [1.54, 1.807) is 6.07 Å². The molecule has 0 bridgehead atoms. The molecule has 1 heterocycles. The van der Waals surface area contributed by atoms with Crippen molar-refractivity contribution in [3.63, 3.8) is 0 Å². The first-order valence-electron chi connectivity index (χ1n) is 8.02. The molecule has 2 aromatic rings. The Bertz CT molecular complexity index is 729. The maximum Gasteiger partial charge on any atom is 0.163 e. The van der Waals surface area contributed by atoms with Gasteiger partial charge in [-0.3, -0.25) is 9.59 Å². The summed E-state index contributed by atoms with van der Waals surface area (Å²) in [6, 6.07) is 13.0. The molecule has 0 spiro atoms. The molecular weight excluding hydrogens is 288 g/mol. The van der Waals surface area contributed by atoms with Gasteiger partial charge in [0.15, 0.2) is 11.6 Å². The maximum absolute atomic E-state index is 12.3. The molecule has 0 saturated carbocycles. The number of hydrogen-bond acceptors (Lipinski definition) is 3. The number of ketones is 2. The summed E-state index contributed by atoms with van der Waals surface area (Å²) in [7, 11) is 0. The Kier molecular flexibility index (Phi) is 4.56. The molecule has 3 rings (SSSR count). The number of ether oxygens (including phenoxy) is 1. The van der Waals surface area contributed by atoms with Crippen molar-refractivity contribution in [3.8, 4) is 5.75 Å². The van der Waals surface area contributed by atoms with Crippen LogP contribution in [0.2, 0.25) is 0 Å². The second-order valence-corrected chi connectivity index (χ2v) is 5.99. The van der Waals surface area contributed by atoms with Gasteiger partial charge in [0.05, 0.1) is 6.61 Å². The van der Waals surface area contributed by atoms with Crippen molar-refractivity contribution in [1.29, 1.82) is 0 Å². The molecule has 1 aliphatic rings. The van der Waals surface area contributed by atoms with Crippen molar-refractivity contribution < 1.29 is 14.3 Å². The third-order valence-electron chi connectivity index (χ3n) is 4.18. The van der Waals surface area contributed by atoms with E-state index in [2.05, 4.69) is 0 Å². The average molecular weight is 308 g/mol. The van der Waals surface area contributed by atoms with Gasteiger partial charge in [0.25, 0.3) is 0 Å². The third kappa shape index (κ3) is 3.67. The quantitative estimate of drug-likeness (QED) is 0.779. The van der Waals surface area contributed by atoms with Crippen LogP contribution in [0.15, 0.2) is 42.5 Å². The molecule has 118 valence electrons. The number of carbonyl (C=O) groups is 2. The van der Waals surface area contributed by atoms with Crippen molar-refractivity contribution in [2.45, 2.75) is 32.6 Å². The summed E-state index contributed by atoms with van der Waals surface area (Å²) in [5.74, 6) is 0.905. The van der Waals surface area contributed by atoms with Gasteiger partial charge < -0.3 is 4.74 Å². The fourth-order valence-corrected chi connectivity index (χ4v) is 2.79. The molecule has 23 heavy (non-hydrogen) atoms. The van der Waals surface area contributed by atoms with Gasteiger partial charge in [0.1, 0.15) is 5.75 Å². The molecular formula is C20H20O3. The van der Waals surface area contributed by atoms with Gasteiger partial charge in [-0.15, -0.1) is 0 Å². The molecule has 3 nitrogen and oxygen atoms in total. The Hall–Kier alpha value is -2.42. The number of benzene rings is 2. The Balaban J connectivity index is 1.63. The molecule has 0 aromatic heterocycles. The largest absolute Gasteiger partial charge is 0.493 e. The molecule has 0 N–H and O–H groups in total. The average Bonchev–Trinajstić information content (AvgIpc) is 2.59. The lowest BCUT2D eigenvalue weighted by atomic mass is 9.97. The Morgan fingerprint density at radius 2 is 1.61 bits per heavy atom. The van der Waals surface area contributed by atoms with Crippen LogP contribution in [-0.2, 0) is 6.42 Å². The number of rotatable bonds is 5. The SMILES string of the molecule is Cc1ccc(C(=O)CCC(=O)c2ccc3c(c2)CCCO3)cc1. The first-order valence-corrected chi connectivity index (χ1v) is 8.02. The zero-order valence-corrected chi connectivity index (χ0v) is 13.3. The molecule has 2 aromatic carbocycles. The van der Waals surface area contributed by atoms with Crippen molar-refractivity contribution in [2.75, 3.05) is 6.61 Å². The van der Waals surface area contributed by atoms with Gasteiger partial charge in [-0.05, 0) is 43.5 Å². The summed E-state index contributed by atoms with van der Waals surface area (Å²) in [4.78, 5) is 24.5. The third-order valence-corrected chi connectivity index (χ3v) is 4.18. The van der Waals surface area contributed by atoms with Crippen LogP contribution in [0, 0.1) is 6.92 Å². The van der Waals surface area contributed by atoms with Crippen LogP contribution in [0.1, 0.15) is 51.1 Å². The highest BCUT2D eigenvalue weighted by molar-refractivity contribution is 6.02. The zero-order valence-electron chi connectivity index (χ0n) is 13.3. The summed E-state index contributed by atoms with van der Waals surface area (Å²) in [5, 5.41) is 0. The first kappa shape index (κ1) is 15.5. The first-order chi connectivity index (χ1) is 11.1. The summed E-state index contributed by atoms with van der Waals surface area (Å²) >= 11 is 0. The van der Waals surface area contributed by atoms with Crippen LogP contribution >= 0.6 is 0 Å². The standard InChI is InChI=1S/C20H20O3/c1-14-4-6-15(7-5-14)18(21)9-10-19(22)16-8-11-20-17(13-16)3-2-12-23-20/h4-8,11,13H,2-3,9-10,12H2,1H3. The van der Waals surface area contributed by atoms with Crippen LogP contribution in [0.25, 0.3) is 0 Å². The van der Waals surface area contributed by atoms with Gasteiger partial charge in [-0.1, -0.05) is 29.8 Å². The molecule has 0 saturated heterocycles. The van der Waals surface area contributed by atoms with Crippen molar-refractivity contribution in [1.82, 2.24) is 0 Å². The number of Topliss-reactive ketones (excluding diaryl/α,β-unsaturated/α-hetero) is 2. The van der Waals surface area contributed by atoms with E-state index >= 15 is 0 Å². The molecule has 0 fully saturated rings. The van der Waals surface area contributed by atoms with E-state index in [4.69, 9.17) is 4.74 Å². The highest BCUT2D eigenvalue weighted by Crippen LogP contribution is 2.26. The van der Waals surface area contributed by atoms with Gasteiger partial charge in [-0.2, -0.15) is 0 Å². The van der Waals surface area contributed by atoms with E-state index in [-0.39, 0.29) is 24.4 Å². The highest BCUT2D eigenvalue weighted by Gasteiger charge is 2.15. The molecule has 0 unspecified atom stereocenters. The van der Waals surface area contributed by atoms with Crippen molar-refractivity contribution >= 4 is 11.6 Å². The zero-order chi connectivity index (χ0) is 16.2. The number of fused-ring (bicyclic) bond motifs is 1. The predicted octanol–water partition coefficient (Wildman–Crippen LogP) is 4.17. The van der Waals surface area contributed by atoms with E-state index in [1.165, 1.54) is 0 Å². The lowest BCUT2D eigenvalue weighted by Crippen LogP contribution is -2.10. The Labute approximate surface area is 136 Å². The highest BCUT2D eigenvalue weighted by atomic mass is 16.5. The minimum Gasteiger partial charge on any atom is -0.493 e. The maximum atomic E-state index is 12.3. The van der Waals surface area contributed by atoms with E-state index in [0.29, 0.717) is 11.1 Å². The van der Waals surface area contributed by atoms with E-state index in [1.807, 2.05) is 43.3 Å². The summed E-state index contributed by atoms with van der Waals surface area (Å²) < 4.78 is 5.56. The van der Waals surface area contributed by atoms with Crippen molar-refractivity contribution in [2.24, 2.45) is 0 Å². The monoisotopic (exact) mass is 308 g/mol. The van der Waals surface area contributed by atoms with Crippen LogP contribution < -0.4 is 4.74 Å².